The van der Waals surface area contributed by atoms with Gasteiger partial charge in [-0.25, -0.2) is 0 Å². The van der Waals surface area contributed by atoms with Crippen LogP contribution in [0.25, 0.3) is 10.9 Å². The lowest BCUT2D eigenvalue weighted by molar-refractivity contribution is 0.0951. The summed E-state index contributed by atoms with van der Waals surface area (Å²) in [6.45, 7) is 5.33. The van der Waals surface area contributed by atoms with Crippen LogP contribution in [0.2, 0.25) is 0 Å². The van der Waals surface area contributed by atoms with Crippen LogP contribution in [0.5, 0.6) is 0 Å². The van der Waals surface area contributed by atoms with Crippen LogP contribution in [0.15, 0.2) is 73.1 Å². The first-order chi connectivity index (χ1) is 15.1. The first kappa shape index (κ1) is 20.5. The van der Waals surface area contributed by atoms with Gasteiger partial charge in [-0.05, 0) is 34.7 Å². The number of hydrogen-bond donors (Lipinski definition) is 2. The molecule has 4 rings (SSSR count). The average Bonchev–Trinajstić information content (AvgIpc) is 3.12. The number of nitrogens with one attached hydrogen (secondary N) is 2. The molecule has 5 nitrogen and oxygen atoms in total. The molecular weight excluding hydrogens is 384 g/mol. The highest BCUT2D eigenvalue weighted by Crippen LogP contribution is 2.33. The van der Waals surface area contributed by atoms with E-state index in [-0.39, 0.29) is 11.8 Å². The number of amides is 1. The van der Waals surface area contributed by atoms with Crippen molar-refractivity contribution in [3.63, 3.8) is 0 Å². The summed E-state index contributed by atoms with van der Waals surface area (Å²) in [5.74, 6) is 0.0608. The summed E-state index contributed by atoms with van der Waals surface area (Å²) in [5.41, 5.74) is 5.63. The van der Waals surface area contributed by atoms with Crippen LogP contribution in [0.3, 0.4) is 0 Å². The number of rotatable bonds is 7. The fourth-order valence-electron chi connectivity index (χ4n) is 4.02. The van der Waals surface area contributed by atoms with Crippen molar-refractivity contribution in [1.82, 2.24) is 14.9 Å². The lowest BCUT2D eigenvalue weighted by Gasteiger charge is -2.15. The van der Waals surface area contributed by atoms with E-state index in [2.05, 4.69) is 40.8 Å². The van der Waals surface area contributed by atoms with Crippen molar-refractivity contribution in [3.05, 3.63) is 101 Å². The Labute approximate surface area is 182 Å². The molecule has 1 amide bonds. The predicted molar refractivity (Wildman–Crippen MR) is 125 cm³/mol. The van der Waals surface area contributed by atoms with Gasteiger partial charge >= 0.3 is 0 Å². The number of fused-ring (bicyclic) bond motifs is 1. The fourth-order valence-corrected chi connectivity index (χ4v) is 4.02. The molecular formula is C26H26N4O. The maximum absolute atomic E-state index is 13.4. The molecule has 0 aliphatic heterocycles. The van der Waals surface area contributed by atoms with E-state index in [0.717, 1.165) is 27.7 Å². The van der Waals surface area contributed by atoms with Crippen LogP contribution < -0.4 is 5.32 Å². The standard InChI is InChI=1S/C26H26N4O/c1-18(2)25-24(26(31)29-16-21-9-6-12-28-15-21)22-11-10-20(14-27)13-23(22)30(25)17-19-7-4-3-5-8-19/h3-15,18,27H,16-17H2,1-2H3,(H,29,31). The summed E-state index contributed by atoms with van der Waals surface area (Å²) in [5, 5.41) is 11.7. The van der Waals surface area contributed by atoms with Crippen molar-refractivity contribution in [3.8, 4) is 0 Å². The Kier molecular flexibility index (Phi) is 5.94. The molecule has 0 spiro atoms. The molecule has 0 aliphatic carbocycles. The molecule has 0 unspecified atom stereocenters. The monoisotopic (exact) mass is 410 g/mol. The summed E-state index contributed by atoms with van der Waals surface area (Å²) < 4.78 is 2.22. The van der Waals surface area contributed by atoms with Crippen LogP contribution in [-0.2, 0) is 13.1 Å². The van der Waals surface area contributed by atoms with Crippen LogP contribution >= 0.6 is 0 Å². The van der Waals surface area contributed by atoms with Crippen LogP contribution in [0.4, 0.5) is 0 Å². The smallest absolute Gasteiger partial charge is 0.254 e. The van der Waals surface area contributed by atoms with Gasteiger partial charge in [0.2, 0.25) is 0 Å². The van der Waals surface area contributed by atoms with Gasteiger partial charge < -0.3 is 15.3 Å². The second kappa shape index (κ2) is 8.96. The minimum absolute atomic E-state index is 0.0908. The zero-order valence-electron chi connectivity index (χ0n) is 17.8. The maximum atomic E-state index is 13.4. The minimum atomic E-state index is -0.0908. The Morgan fingerprint density at radius 1 is 1.10 bits per heavy atom. The van der Waals surface area contributed by atoms with Crippen molar-refractivity contribution in [1.29, 1.82) is 5.41 Å². The van der Waals surface area contributed by atoms with Gasteiger partial charge in [-0.2, -0.15) is 0 Å². The van der Waals surface area contributed by atoms with Crippen molar-refractivity contribution in [2.75, 3.05) is 0 Å². The van der Waals surface area contributed by atoms with Gasteiger partial charge in [-0.1, -0.05) is 62.4 Å². The third-order valence-corrected chi connectivity index (χ3v) is 5.43. The third kappa shape index (κ3) is 4.26. The number of hydrogen-bond acceptors (Lipinski definition) is 3. The molecule has 5 heteroatoms. The van der Waals surface area contributed by atoms with Gasteiger partial charge in [0.15, 0.2) is 0 Å². The van der Waals surface area contributed by atoms with Gasteiger partial charge in [0.05, 0.1) is 11.1 Å². The van der Waals surface area contributed by atoms with Crippen LogP contribution in [-0.4, -0.2) is 21.7 Å². The van der Waals surface area contributed by atoms with E-state index < -0.39 is 0 Å². The molecule has 2 N–H and O–H groups in total. The van der Waals surface area contributed by atoms with Crippen molar-refractivity contribution < 1.29 is 4.79 Å². The Morgan fingerprint density at radius 2 is 1.87 bits per heavy atom. The molecule has 0 saturated carbocycles. The van der Waals surface area contributed by atoms with Crippen LogP contribution in [0, 0.1) is 5.41 Å². The molecule has 2 aromatic heterocycles. The van der Waals surface area contributed by atoms with E-state index in [1.165, 1.54) is 11.8 Å². The van der Waals surface area contributed by atoms with Gasteiger partial charge in [-0.3, -0.25) is 9.78 Å². The van der Waals surface area contributed by atoms with Gasteiger partial charge in [0, 0.05) is 42.8 Å². The molecule has 0 aliphatic rings. The normalized spacial score (nSPS) is 11.1. The SMILES string of the molecule is CC(C)c1c(C(=O)NCc2cccnc2)c2ccc(C=N)cc2n1Cc1ccccc1. The topological polar surface area (TPSA) is 70.8 Å². The highest BCUT2D eigenvalue weighted by Gasteiger charge is 2.24. The second-order valence-electron chi connectivity index (χ2n) is 7.95. The quantitative estimate of drug-likeness (QED) is 0.414. The van der Waals surface area contributed by atoms with E-state index in [9.17, 15) is 4.79 Å². The molecule has 0 radical (unpaired) electrons. The average molecular weight is 411 g/mol. The summed E-state index contributed by atoms with van der Waals surface area (Å²) in [7, 11) is 0. The third-order valence-electron chi connectivity index (χ3n) is 5.43. The molecule has 4 aromatic rings. The highest BCUT2D eigenvalue weighted by atomic mass is 16.1. The van der Waals surface area contributed by atoms with E-state index in [1.807, 2.05) is 48.5 Å². The number of pyridine rings is 1. The van der Waals surface area contributed by atoms with Crippen molar-refractivity contribution >= 4 is 23.0 Å². The summed E-state index contributed by atoms with van der Waals surface area (Å²) >= 11 is 0. The Hall–Kier alpha value is -3.73. The Morgan fingerprint density at radius 3 is 2.55 bits per heavy atom. The van der Waals surface area contributed by atoms with E-state index in [1.54, 1.807) is 12.4 Å². The molecule has 31 heavy (non-hydrogen) atoms. The largest absolute Gasteiger partial charge is 0.348 e. The van der Waals surface area contributed by atoms with E-state index in [4.69, 9.17) is 5.41 Å². The number of carbonyl (C=O) groups is 1. The fraction of sp³-hybridized carbons (Fsp3) is 0.192. The maximum Gasteiger partial charge on any atom is 0.254 e. The lowest BCUT2D eigenvalue weighted by atomic mass is 10.0. The summed E-state index contributed by atoms with van der Waals surface area (Å²) in [6.07, 6.45) is 4.83. The zero-order valence-corrected chi connectivity index (χ0v) is 17.8. The molecule has 0 bridgehead atoms. The molecule has 2 aromatic carbocycles. The van der Waals surface area contributed by atoms with Gasteiger partial charge in [0.1, 0.15) is 0 Å². The summed E-state index contributed by atoms with van der Waals surface area (Å²) in [6, 6.07) is 19.9. The van der Waals surface area contributed by atoms with Crippen molar-refractivity contribution in [2.45, 2.75) is 32.9 Å². The first-order valence-electron chi connectivity index (χ1n) is 10.5. The van der Waals surface area contributed by atoms with Crippen molar-refractivity contribution in [2.24, 2.45) is 0 Å². The van der Waals surface area contributed by atoms with Crippen LogP contribution in [0.1, 0.15) is 52.5 Å². The Bertz CT molecular complexity index is 1210. The number of nitrogens with zero attached hydrogens (tertiary/aromatic N) is 2. The van der Waals surface area contributed by atoms with E-state index in [0.29, 0.717) is 18.7 Å². The molecule has 0 saturated heterocycles. The summed E-state index contributed by atoms with van der Waals surface area (Å²) in [4.78, 5) is 17.5. The number of benzene rings is 2. The lowest BCUT2D eigenvalue weighted by Crippen LogP contribution is -2.24. The molecule has 2 heterocycles. The molecule has 156 valence electrons. The molecule has 0 atom stereocenters. The van der Waals surface area contributed by atoms with Gasteiger partial charge in [-0.15, -0.1) is 0 Å². The predicted octanol–water partition coefficient (Wildman–Crippen LogP) is 5.14. The molecule has 0 fully saturated rings. The van der Waals surface area contributed by atoms with E-state index >= 15 is 0 Å². The number of aromatic nitrogens is 2. The zero-order chi connectivity index (χ0) is 21.8. The second-order valence-corrected chi connectivity index (χ2v) is 7.95. The highest BCUT2D eigenvalue weighted by molar-refractivity contribution is 6.09. The first-order valence-corrected chi connectivity index (χ1v) is 10.5. The minimum Gasteiger partial charge on any atom is -0.348 e. The Balaban J connectivity index is 1.82. The van der Waals surface area contributed by atoms with Gasteiger partial charge in [0.25, 0.3) is 5.91 Å². The number of carbonyl (C=O) groups excluding carboxylic acids is 1.